The van der Waals surface area contributed by atoms with Gasteiger partial charge in [-0.3, -0.25) is 4.79 Å². The lowest BCUT2D eigenvalue weighted by Gasteiger charge is -2.10. The summed E-state index contributed by atoms with van der Waals surface area (Å²) in [6.45, 7) is 3.04. The molecule has 3 aromatic rings. The third-order valence-corrected chi connectivity index (χ3v) is 3.87. The summed E-state index contributed by atoms with van der Waals surface area (Å²) in [6.07, 6.45) is 0. The Morgan fingerprint density at radius 1 is 1.00 bits per heavy atom. The Balaban J connectivity index is 1.74. The summed E-state index contributed by atoms with van der Waals surface area (Å²) in [5.41, 5.74) is 4.34. The van der Waals surface area contributed by atoms with Gasteiger partial charge in [0.1, 0.15) is 5.82 Å². The number of hydrogen-bond acceptors (Lipinski definition) is 4. The van der Waals surface area contributed by atoms with E-state index in [9.17, 15) is 4.79 Å². The molecule has 0 saturated carbocycles. The van der Waals surface area contributed by atoms with Gasteiger partial charge in [0.05, 0.1) is 5.52 Å². The van der Waals surface area contributed by atoms with E-state index in [0.717, 1.165) is 28.7 Å². The molecule has 3 N–H and O–H groups in total. The molecule has 1 heterocycles. The van der Waals surface area contributed by atoms with Crippen LogP contribution in [0.25, 0.3) is 10.9 Å². The molecule has 5 nitrogen and oxygen atoms in total. The fourth-order valence-corrected chi connectivity index (χ4v) is 2.72. The second kappa shape index (κ2) is 7.77. The van der Waals surface area contributed by atoms with Gasteiger partial charge in [-0.15, -0.1) is 0 Å². The third kappa shape index (κ3) is 4.55. The number of carbonyl (C=O) groups is 1. The van der Waals surface area contributed by atoms with Crippen molar-refractivity contribution in [3.05, 3.63) is 65.7 Å². The van der Waals surface area contributed by atoms with E-state index in [-0.39, 0.29) is 5.91 Å². The molecule has 5 heteroatoms. The zero-order valence-corrected chi connectivity index (χ0v) is 14.5. The number of hydrogen-bond donors (Lipinski definition) is 3. The number of nitrogens with one attached hydrogen (secondary N) is 3. The van der Waals surface area contributed by atoms with Crippen LogP contribution in [0.2, 0.25) is 0 Å². The quantitative estimate of drug-likeness (QED) is 0.645. The highest BCUT2D eigenvalue weighted by Gasteiger charge is 2.02. The van der Waals surface area contributed by atoms with Crippen molar-refractivity contribution in [2.75, 3.05) is 17.7 Å². The molecular weight excluding hydrogens is 312 g/mol. The van der Waals surface area contributed by atoms with Crippen LogP contribution in [-0.4, -0.2) is 17.9 Å². The molecule has 0 aliphatic carbocycles. The minimum Gasteiger partial charge on any atom is -0.381 e. The molecule has 0 aliphatic rings. The van der Waals surface area contributed by atoms with Gasteiger partial charge in [0.15, 0.2) is 0 Å². The second-order valence-electron chi connectivity index (χ2n) is 5.99. The summed E-state index contributed by atoms with van der Waals surface area (Å²) < 4.78 is 0. The van der Waals surface area contributed by atoms with E-state index in [1.807, 2.05) is 31.3 Å². The van der Waals surface area contributed by atoms with E-state index in [1.165, 1.54) is 12.5 Å². The molecule has 0 fully saturated rings. The van der Waals surface area contributed by atoms with E-state index >= 15 is 0 Å². The Hall–Kier alpha value is -2.92. The van der Waals surface area contributed by atoms with Crippen LogP contribution >= 0.6 is 0 Å². The molecule has 1 amide bonds. The Morgan fingerprint density at radius 3 is 2.60 bits per heavy atom. The summed E-state index contributed by atoms with van der Waals surface area (Å²) in [4.78, 5) is 15.7. The van der Waals surface area contributed by atoms with Crippen LogP contribution in [0.5, 0.6) is 0 Å². The summed E-state index contributed by atoms with van der Waals surface area (Å²) in [6, 6.07) is 18.3. The number of fused-ring (bicyclic) bond motifs is 1. The monoisotopic (exact) mass is 334 g/mol. The number of aromatic nitrogens is 1. The van der Waals surface area contributed by atoms with Crippen molar-refractivity contribution in [2.24, 2.45) is 0 Å². The molecular formula is C20H22N4O. The van der Waals surface area contributed by atoms with Crippen LogP contribution in [-0.2, 0) is 17.9 Å². The first-order chi connectivity index (χ1) is 12.1. The van der Waals surface area contributed by atoms with Crippen LogP contribution < -0.4 is 16.0 Å². The Morgan fingerprint density at radius 2 is 1.80 bits per heavy atom. The maximum absolute atomic E-state index is 11.2. The lowest BCUT2D eigenvalue weighted by molar-refractivity contribution is -0.114. The molecule has 128 valence electrons. The molecule has 25 heavy (non-hydrogen) atoms. The zero-order valence-electron chi connectivity index (χ0n) is 14.5. The van der Waals surface area contributed by atoms with Crippen LogP contribution in [0, 0.1) is 0 Å². The van der Waals surface area contributed by atoms with Gasteiger partial charge >= 0.3 is 0 Å². The first kappa shape index (κ1) is 16.9. The number of rotatable bonds is 6. The summed E-state index contributed by atoms with van der Waals surface area (Å²) >= 11 is 0. The van der Waals surface area contributed by atoms with Crippen LogP contribution in [0.3, 0.4) is 0 Å². The van der Waals surface area contributed by atoms with Gasteiger partial charge in [0.2, 0.25) is 5.91 Å². The Bertz CT molecular complexity index is 892. The van der Waals surface area contributed by atoms with E-state index in [4.69, 9.17) is 0 Å². The number of amides is 1. The summed E-state index contributed by atoms with van der Waals surface area (Å²) in [5, 5.41) is 10.4. The average Bonchev–Trinajstić information content (AvgIpc) is 2.60. The average molecular weight is 334 g/mol. The maximum Gasteiger partial charge on any atom is 0.222 e. The van der Waals surface area contributed by atoms with Gasteiger partial charge in [-0.2, -0.15) is 0 Å². The molecule has 0 radical (unpaired) electrons. The highest BCUT2D eigenvalue weighted by Crippen LogP contribution is 2.18. The smallest absolute Gasteiger partial charge is 0.222 e. The predicted molar refractivity (Wildman–Crippen MR) is 103 cm³/mol. The van der Waals surface area contributed by atoms with Crippen molar-refractivity contribution in [1.29, 1.82) is 0 Å². The lowest BCUT2D eigenvalue weighted by Crippen LogP contribution is -2.07. The minimum atomic E-state index is -0.119. The first-order valence-corrected chi connectivity index (χ1v) is 8.29. The topological polar surface area (TPSA) is 66.0 Å². The fraction of sp³-hybridized carbons (Fsp3) is 0.200. The van der Waals surface area contributed by atoms with Gasteiger partial charge in [0.25, 0.3) is 0 Å². The first-order valence-electron chi connectivity index (χ1n) is 8.29. The standard InChI is InChI=1S/C20H22N4O/c1-14(25)23-20-9-8-17-7-6-16(11-19(17)24-20)13-22-18-5-3-4-15(10-18)12-21-2/h3-11,21-22H,12-13H2,1-2H3,(H,23,24,25). The van der Waals surface area contributed by atoms with Crippen LogP contribution in [0.4, 0.5) is 11.5 Å². The molecule has 0 spiro atoms. The molecule has 2 aromatic carbocycles. The number of carbonyl (C=O) groups excluding carboxylic acids is 1. The van der Waals surface area contributed by atoms with E-state index < -0.39 is 0 Å². The SMILES string of the molecule is CNCc1cccc(NCc2ccc3ccc(NC(C)=O)nc3c2)c1. The minimum absolute atomic E-state index is 0.119. The zero-order chi connectivity index (χ0) is 17.6. The normalized spacial score (nSPS) is 10.6. The number of nitrogens with zero attached hydrogens (tertiary/aromatic N) is 1. The van der Waals surface area contributed by atoms with Crippen molar-refractivity contribution >= 4 is 28.3 Å². The van der Waals surface area contributed by atoms with E-state index in [0.29, 0.717) is 12.4 Å². The lowest BCUT2D eigenvalue weighted by atomic mass is 10.1. The van der Waals surface area contributed by atoms with E-state index in [1.54, 1.807) is 0 Å². The van der Waals surface area contributed by atoms with Gasteiger partial charge in [-0.25, -0.2) is 4.98 Å². The number of benzene rings is 2. The van der Waals surface area contributed by atoms with Crippen molar-refractivity contribution in [1.82, 2.24) is 10.3 Å². The fourth-order valence-electron chi connectivity index (χ4n) is 2.72. The molecule has 3 rings (SSSR count). The Kier molecular flexibility index (Phi) is 5.26. The van der Waals surface area contributed by atoms with Crippen molar-refractivity contribution in [3.63, 3.8) is 0 Å². The Labute approximate surface area is 147 Å². The number of anilines is 2. The largest absolute Gasteiger partial charge is 0.381 e. The molecule has 0 unspecified atom stereocenters. The number of pyridine rings is 1. The van der Waals surface area contributed by atoms with Crippen molar-refractivity contribution in [2.45, 2.75) is 20.0 Å². The molecule has 0 bridgehead atoms. The van der Waals surface area contributed by atoms with Crippen LogP contribution in [0.1, 0.15) is 18.1 Å². The highest BCUT2D eigenvalue weighted by atomic mass is 16.1. The summed E-state index contributed by atoms with van der Waals surface area (Å²) in [5.74, 6) is 0.455. The molecule has 1 aromatic heterocycles. The van der Waals surface area contributed by atoms with Gasteiger partial charge < -0.3 is 16.0 Å². The van der Waals surface area contributed by atoms with Crippen LogP contribution in [0.15, 0.2) is 54.6 Å². The van der Waals surface area contributed by atoms with Crippen molar-refractivity contribution in [3.8, 4) is 0 Å². The maximum atomic E-state index is 11.2. The second-order valence-corrected chi connectivity index (χ2v) is 5.99. The van der Waals surface area contributed by atoms with E-state index in [2.05, 4.69) is 51.3 Å². The van der Waals surface area contributed by atoms with Crippen molar-refractivity contribution < 1.29 is 4.79 Å². The predicted octanol–water partition coefficient (Wildman–Crippen LogP) is 3.52. The molecule has 0 saturated heterocycles. The third-order valence-electron chi connectivity index (χ3n) is 3.87. The molecule has 0 atom stereocenters. The summed E-state index contributed by atoms with van der Waals surface area (Å²) in [7, 11) is 1.94. The van der Waals surface area contributed by atoms with Gasteiger partial charge in [-0.05, 0) is 48.5 Å². The molecule has 0 aliphatic heterocycles. The highest BCUT2D eigenvalue weighted by molar-refractivity contribution is 5.89. The van der Waals surface area contributed by atoms with Gasteiger partial charge in [0, 0.05) is 31.1 Å². The van der Waals surface area contributed by atoms with Gasteiger partial charge in [-0.1, -0.05) is 24.3 Å².